The van der Waals surface area contributed by atoms with E-state index in [9.17, 15) is 10.2 Å². The van der Waals surface area contributed by atoms with Gasteiger partial charge in [-0.1, -0.05) is 49.2 Å². The molecular weight excluding hydrogens is 342 g/mol. The molecule has 0 aliphatic carbocycles. The van der Waals surface area contributed by atoms with Crippen molar-refractivity contribution in [3.8, 4) is 11.5 Å². The number of hydrogen-bond acceptors (Lipinski definition) is 4. The molecule has 3 nitrogen and oxygen atoms in total. The van der Waals surface area contributed by atoms with Crippen LogP contribution in [0, 0.1) is 0 Å². The molecule has 0 aliphatic rings. The van der Waals surface area contributed by atoms with Gasteiger partial charge in [0.25, 0.3) is 0 Å². The fraction of sp³-hybridized carbons (Fsp3) is 0.455. The van der Waals surface area contributed by atoms with Crippen LogP contribution in [-0.4, -0.2) is 34.8 Å². The van der Waals surface area contributed by atoms with Gasteiger partial charge in [0, 0.05) is 0 Å². The Morgan fingerprint density at radius 1 is 0.692 bits per heavy atom. The quantitative estimate of drug-likeness (QED) is 0.350. The Bertz CT molecular complexity index is 619. The van der Waals surface area contributed by atoms with Crippen LogP contribution in [0.4, 0.5) is 0 Å². The molecule has 0 aliphatic heterocycles. The number of aromatic hydroxyl groups is 2. The molecule has 2 rings (SSSR count). The average Bonchev–Trinajstić information content (AvgIpc) is 2.66. The maximum absolute atomic E-state index is 9.46. The Morgan fingerprint density at radius 3 is 2.31 bits per heavy atom. The van der Waals surface area contributed by atoms with Crippen molar-refractivity contribution < 1.29 is 10.2 Å². The van der Waals surface area contributed by atoms with Crippen LogP contribution in [0.2, 0.25) is 0 Å². The second-order valence-electron chi connectivity index (χ2n) is 6.59. The largest absolute Gasteiger partial charge is 0.504 e. The van der Waals surface area contributed by atoms with Gasteiger partial charge >= 0.3 is 0 Å². The molecule has 2 aromatic carbocycles. The summed E-state index contributed by atoms with van der Waals surface area (Å²) in [6, 6.07) is 15.7. The zero-order chi connectivity index (χ0) is 18.5. The number of benzene rings is 2. The minimum atomic E-state index is -0.0556. The molecule has 142 valence electrons. The maximum atomic E-state index is 9.46. The standard InChI is InChI=1S/C22H31NO2S/c24-21-11-10-20(18-22(21)25)12-15-23-14-6-1-2-7-16-26-17-13-19-8-4-3-5-9-19/h3-5,8-11,18,23-25H,1-2,6-7,12-17H2. The summed E-state index contributed by atoms with van der Waals surface area (Å²) in [6.45, 7) is 1.95. The lowest BCUT2D eigenvalue weighted by atomic mass is 10.1. The van der Waals surface area contributed by atoms with E-state index >= 15 is 0 Å². The van der Waals surface area contributed by atoms with E-state index in [1.165, 1.54) is 49.2 Å². The zero-order valence-electron chi connectivity index (χ0n) is 15.5. The summed E-state index contributed by atoms with van der Waals surface area (Å²) in [6.07, 6.45) is 7.17. The van der Waals surface area contributed by atoms with E-state index in [0.717, 1.165) is 25.1 Å². The average molecular weight is 374 g/mol. The Balaban J connectivity index is 1.36. The first kappa shape index (κ1) is 20.7. The smallest absolute Gasteiger partial charge is 0.157 e. The predicted molar refractivity (Wildman–Crippen MR) is 112 cm³/mol. The number of aryl methyl sites for hydroxylation is 1. The number of thioether (sulfide) groups is 1. The van der Waals surface area contributed by atoms with Gasteiger partial charge in [-0.2, -0.15) is 11.8 Å². The van der Waals surface area contributed by atoms with Crippen LogP contribution in [0.3, 0.4) is 0 Å². The van der Waals surface area contributed by atoms with Crippen molar-refractivity contribution in [2.45, 2.75) is 38.5 Å². The summed E-state index contributed by atoms with van der Waals surface area (Å²) in [4.78, 5) is 0. The molecule has 0 heterocycles. The molecule has 0 unspecified atom stereocenters. The van der Waals surface area contributed by atoms with E-state index in [1.807, 2.05) is 6.07 Å². The molecule has 3 N–H and O–H groups in total. The Hall–Kier alpha value is -1.65. The summed E-state index contributed by atoms with van der Waals surface area (Å²) in [5.74, 6) is 2.40. The highest BCUT2D eigenvalue weighted by atomic mass is 32.2. The van der Waals surface area contributed by atoms with Gasteiger partial charge in [0.05, 0.1) is 0 Å². The van der Waals surface area contributed by atoms with Gasteiger partial charge in [-0.15, -0.1) is 0 Å². The number of phenols is 2. The summed E-state index contributed by atoms with van der Waals surface area (Å²) >= 11 is 2.07. The maximum Gasteiger partial charge on any atom is 0.157 e. The van der Waals surface area contributed by atoms with E-state index < -0.39 is 0 Å². The Kier molecular flexibility index (Phi) is 10.1. The molecule has 0 saturated carbocycles. The molecule has 0 bridgehead atoms. The second-order valence-corrected chi connectivity index (χ2v) is 7.81. The lowest BCUT2D eigenvalue weighted by Crippen LogP contribution is -2.18. The monoisotopic (exact) mass is 373 g/mol. The molecule has 0 saturated heterocycles. The number of phenolic OH excluding ortho intramolecular Hbond substituents is 2. The van der Waals surface area contributed by atoms with Gasteiger partial charge < -0.3 is 15.5 Å². The van der Waals surface area contributed by atoms with Crippen LogP contribution in [0.15, 0.2) is 48.5 Å². The molecule has 4 heteroatoms. The highest BCUT2D eigenvalue weighted by molar-refractivity contribution is 7.99. The first-order valence-electron chi connectivity index (χ1n) is 9.59. The van der Waals surface area contributed by atoms with Gasteiger partial charge in [0.2, 0.25) is 0 Å². The van der Waals surface area contributed by atoms with Crippen molar-refractivity contribution in [2.75, 3.05) is 24.6 Å². The minimum Gasteiger partial charge on any atom is -0.504 e. The second kappa shape index (κ2) is 12.7. The van der Waals surface area contributed by atoms with Gasteiger partial charge in [0.15, 0.2) is 11.5 Å². The third kappa shape index (κ3) is 8.63. The van der Waals surface area contributed by atoms with Crippen LogP contribution < -0.4 is 5.32 Å². The zero-order valence-corrected chi connectivity index (χ0v) is 16.3. The summed E-state index contributed by atoms with van der Waals surface area (Å²) in [5.41, 5.74) is 2.48. The van der Waals surface area contributed by atoms with Gasteiger partial charge in [-0.25, -0.2) is 0 Å². The fourth-order valence-corrected chi connectivity index (χ4v) is 3.82. The molecule has 0 atom stereocenters. The normalized spacial score (nSPS) is 10.9. The van der Waals surface area contributed by atoms with Gasteiger partial charge in [0.1, 0.15) is 0 Å². The van der Waals surface area contributed by atoms with E-state index in [2.05, 4.69) is 47.4 Å². The molecule has 26 heavy (non-hydrogen) atoms. The number of nitrogens with one attached hydrogen (secondary N) is 1. The molecular formula is C22H31NO2S. The number of unbranched alkanes of at least 4 members (excludes halogenated alkanes) is 3. The lowest BCUT2D eigenvalue weighted by Gasteiger charge is -2.06. The highest BCUT2D eigenvalue weighted by Crippen LogP contribution is 2.24. The molecule has 0 aromatic heterocycles. The Labute approximate surface area is 161 Å². The van der Waals surface area contributed by atoms with Crippen molar-refractivity contribution in [3.63, 3.8) is 0 Å². The summed E-state index contributed by atoms with van der Waals surface area (Å²) in [7, 11) is 0. The van der Waals surface area contributed by atoms with Gasteiger partial charge in [-0.05, 0) is 73.5 Å². The Morgan fingerprint density at radius 2 is 1.50 bits per heavy atom. The topological polar surface area (TPSA) is 52.5 Å². The molecule has 0 amide bonds. The van der Waals surface area contributed by atoms with E-state index in [-0.39, 0.29) is 11.5 Å². The third-order valence-corrected chi connectivity index (χ3v) is 5.47. The minimum absolute atomic E-state index is 0.0378. The summed E-state index contributed by atoms with van der Waals surface area (Å²) < 4.78 is 0. The van der Waals surface area contributed by atoms with E-state index in [1.54, 1.807) is 12.1 Å². The number of rotatable bonds is 13. The van der Waals surface area contributed by atoms with Crippen molar-refractivity contribution in [1.29, 1.82) is 0 Å². The van der Waals surface area contributed by atoms with E-state index in [4.69, 9.17) is 0 Å². The predicted octanol–water partition coefficient (Wildman–Crippen LogP) is 4.77. The van der Waals surface area contributed by atoms with E-state index in [0.29, 0.717) is 0 Å². The SMILES string of the molecule is Oc1ccc(CCNCCCCCCSCCc2ccccc2)cc1O. The molecule has 2 aromatic rings. The van der Waals surface area contributed by atoms with Crippen molar-refractivity contribution >= 4 is 11.8 Å². The lowest BCUT2D eigenvalue weighted by molar-refractivity contribution is 0.403. The van der Waals surface area contributed by atoms with Crippen molar-refractivity contribution in [2.24, 2.45) is 0 Å². The van der Waals surface area contributed by atoms with Crippen molar-refractivity contribution in [1.82, 2.24) is 5.32 Å². The van der Waals surface area contributed by atoms with Crippen molar-refractivity contribution in [3.05, 3.63) is 59.7 Å². The molecule has 0 spiro atoms. The van der Waals surface area contributed by atoms with Crippen LogP contribution in [-0.2, 0) is 12.8 Å². The van der Waals surface area contributed by atoms with Crippen LogP contribution in [0.25, 0.3) is 0 Å². The summed E-state index contributed by atoms with van der Waals surface area (Å²) in [5, 5.41) is 22.2. The van der Waals surface area contributed by atoms with Gasteiger partial charge in [-0.3, -0.25) is 0 Å². The van der Waals surface area contributed by atoms with Crippen LogP contribution in [0.1, 0.15) is 36.8 Å². The van der Waals surface area contributed by atoms with Crippen LogP contribution >= 0.6 is 11.8 Å². The number of hydrogen-bond donors (Lipinski definition) is 3. The first-order valence-corrected chi connectivity index (χ1v) is 10.7. The first-order chi connectivity index (χ1) is 12.8. The fourth-order valence-electron chi connectivity index (χ4n) is 2.83. The third-order valence-electron chi connectivity index (χ3n) is 4.40. The molecule has 0 radical (unpaired) electrons. The van der Waals surface area contributed by atoms with Crippen LogP contribution in [0.5, 0.6) is 11.5 Å². The molecule has 0 fully saturated rings. The highest BCUT2D eigenvalue weighted by Gasteiger charge is 2.00.